The van der Waals surface area contributed by atoms with Crippen molar-refractivity contribution < 1.29 is 32.2 Å². The Morgan fingerprint density at radius 3 is 2.48 bits per heavy atom. The quantitative estimate of drug-likeness (QED) is 0.810. The van der Waals surface area contributed by atoms with E-state index in [0.29, 0.717) is 6.61 Å². The van der Waals surface area contributed by atoms with Crippen LogP contribution in [0.1, 0.15) is 19.8 Å². The Balaban J connectivity index is 2.04. The largest absolute Gasteiger partial charge is 0.573 e. The van der Waals surface area contributed by atoms with Gasteiger partial charge >= 0.3 is 6.36 Å². The molecule has 0 aliphatic heterocycles. The molecule has 1 fully saturated rings. The molecule has 0 bridgehead atoms. The topological polar surface area (TPSA) is 44.8 Å². The fourth-order valence-electron chi connectivity index (χ4n) is 1.94. The van der Waals surface area contributed by atoms with Gasteiger partial charge in [-0.25, -0.2) is 0 Å². The van der Waals surface area contributed by atoms with Crippen molar-refractivity contribution in [3.8, 4) is 11.5 Å². The first-order valence-corrected chi connectivity index (χ1v) is 6.56. The molecule has 0 heterocycles. The number of rotatable bonds is 6. The van der Waals surface area contributed by atoms with Crippen molar-refractivity contribution >= 4 is 5.78 Å². The van der Waals surface area contributed by atoms with E-state index in [2.05, 4.69) is 4.74 Å². The summed E-state index contributed by atoms with van der Waals surface area (Å²) in [5.74, 6) is -0.598. The van der Waals surface area contributed by atoms with Gasteiger partial charge in [0, 0.05) is 13.0 Å². The predicted octanol–water partition coefficient (Wildman–Crippen LogP) is 3.10. The summed E-state index contributed by atoms with van der Waals surface area (Å²) in [6.07, 6.45) is -5.24. The third kappa shape index (κ3) is 4.10. The molecule has 0 amide bonds. The highest BCUT2D eigenvalue weighted by atomic mass is 19.4. The zero-order valence-electron chi connectivity index (χ0n) is 11.4. The van der Waals surface area contributed by atoms with Crippen molar-refractivity contribution in [2.24, 2.45) is 0 Å². The molecule has 0 spiro atoms. The van der Waals surface area contributed by atoms with Gasteiger partial charge in [0.2, 0.25) is 0 Å². The van der Waals surface area contributed by atoms with Crippen molar-refractivity contribution in [2.75, 3.05) is 6.61 Å². The molecule has 1 aromatic rings. The Hall–Kier alpha value is -1.76. The Morgan fingerprint density at radius 1 is 1.24 bits per heavy atom. The van der Waals surface area contributed by atoms with Gasteiger partial charge in [0.1, 0.15) is 6.10 Å². The van der Waals surface area contributed by atoms with Crippen LogP contribution < -0.4 is 9.47 Å². The lowest BCUT2D eigenvalue weighted by Crippen LogP contribution is -2.52. The van der Waals surface area contributed by atoms with E-state index in [1.54, 1.807) is 0 Å². The number of ether oxygens (including phenoxy) is 3. The normalized spacial score (nSPS) is 21.8. The molecule has 2 rings (SSSR count). The van der Waals surface area contributed by atoms with Crippen LogP contribution in [0.25, 0.3) is 0 Å². The van der Waals surface area contributed by atoms with Crippen molar-refractivity contribution in [1.82, 2.24) is 0 Å². The molecule has 2 unspecified atom stereocenters. The zero-order valence-corrected chi connectivity index (χ0v) is 11.4. The fraction of sp³-hybridized carbons (Fsp3) is 0.500. The van der Waals surface area contributed by atoms with Crippen molar-refractivity contribution in [3.63, 3.8) is 0 Å². The molecule has 0 N–H and O–H groups in total. The van der Waals surface area contributed by atoms with Crippen LogP contribution in [0, 0.1) is 0 Å². The first-order chi connectivity index (χ1) is 9.90. The Labute approximate surface area is 119 Å². The van der Waals surface area contributed by atoms with Crippen LogP contribution in [0.5, 0.6) is 11.5 Å². The number of halogens is 3. The second-order valence-electron chi connectivity index (χ2n) is 4.61. The molecule has 21 heavy (non-hydrogen) atoms. The van der Waals surface area contributed by atoms with Gasteiger partial charge in [-0.3, -0.25) is 4.79 Å². The zero-order chi connectivity index (χ0) is 15.5. The van der Waals surface area contributed by atoms with Gasteiger partial charge in [0.05, 0.1) is 0 Å². The van der Waals surface area contributed by atoms with Crippen molar-refractivity contribution in [2.45, 2.75) is 38.3 Å². The number of hydrogen-bond donors (Lipinski definition) is 0. The maximum absolute atomic E-state index is 12.3. The maximum atomic E-state index is 12.3. The lowest BCUT2D eigenvalue weighted by Gasteiger charge is -2.34. The van der Waals surface area contributed by atoms with Gasteiger partial charge in [-0.15, -0.1) is 13.2 Å². The van der Waals surface area contributed by atoms with E-state index in [1.165, 1.54) is 18.2 Å². The van der Waals surface area contributed by atoms with Crippen LogP contribution in [0.4, 0.5) is 13.2 Å². The molecule has 1 aliphatic rings. The van der Waals surface area contributed by atoms with Crippen LogP contribution in [0.15, 0.2) is 24.3 Å². The molecule has 1 aromatic carbocycles. The number of hydrogen-bond acceptors (Lipinski definition) is 4. The Bertz CT molecular complexity index is 501. The summed E-state index contributed by atoms with van der Waals surface area (Å²) >= 11 is 0. The molecule has 1 saturated carbocycles. The summed E-state index contributed by atoms with van der Waals surface area (Å²) in [7, 11) is 0. The number of Topliss-reactive ketones (excluding diaryl/α,β-unsaturated/α-hetero) is 1. The molecule has 1 aliphatic carbocycles. The molecular weight excluding hydrogens is 289 g/mol. The molecular formula is C14H15F3O4. The van der Waals surface area contributed by atoms with Crippen LogP contribution >= 0.6 is 0 Å². The van der Waals surface area contributed by atoms with Crippen LogP contribution in [0.3, 0.4) is 0 Å². The number of carbonyl (C=O) groups is 1. The van der Waals surface area contributed by atoms with E-state index in [0.717, 1.165) is 12.5 Å². The minimum Gasteiger partial charge on any atom is -0.483 e. The minimum atomic E-state index is -4.80. The predicted molar refractivity (Wildman–Crippen MR) is 67.2 cm³/mol. The molecule has 116 valence electrons. The van der Waals surface area contributed by atoms with Crippen LogP contribution in [0.2, 0.25) is 0 Å². The van der Waals surface area contributed by atoms with Crippen LogP contribution in [-0.2, 0) is 9.53 Å². The molecule has 2 atom stereocenters. The fourth-order valence-corrected chi connectivity index (χ4v) is 1.94. The average molecular weight is 304 g/mol. The number of alkyl halides is 3. The first-order valence-electron chi connectivity index (χ1n) is 6.56. The minimum absolute atomic E-state index is 0.0579. The average Bonchev–Trinajstić information content (AvgIpc) is 2.39. The van der Waals surface area contributed by atoms with E-state index in [1.807, 2.05) is 6.92 Å². The van der Waals surface area contributed by atoms with E-state index in [4.69, 9.17) is 9.47 Å². The van der Waals surface area contributed by atoms with Gasteiger partial charge in [-0.2, -0.15) is 0 Å². The number of ketones is 1. The third-order valence-corrected chi connectivity index (χ3v) is 2.91. The number of para-hydroxylation sites is 2. The monoisotopic (exact) mass is 304 g/mol. The molecule has 0 radical (unpaired) electrons. The second-order valence-corrected chi connectivity index (χ2v) is 4.61. The Morgan fingerprint density at radius 2 is 1.90 bits per heavy atom. The summed E-state index contributed by atoms with van der Waals surface area (Å²) in [6.45, 7) is 2.29. The van der Waals surface area contributed by atoms with E-state index in [-0.39, 0.29) is 18.0 Å². The summed E-state index contributed by atoms with van der Waals surface area (Å²) in [5.41, 5.74) is 0. The lowest BCUT2D eigenvalue weighted by atomic mass is 9.90. The summed E-state index contributed by atoms with van der Waals surface area (Å²) in [4.78, 5) is 11.4. The van der Waals surface area contributed by atoms with Gasteiger partial charge < -0.3 is 14.2 Å². The second kappa shape index (κ2) is 6.34. The van der Waals surface area contributed by atoms with E-state index in [9.17, 15) is 18.0 Å². The van der Waals surface area contributed by atoms with Gasteiger partial charge in [0.15, 0.2) is 23.4 Å². The highest BCUT2D eigenvalue weighted by Crippen LogP contribution is 2.35. The number of benzene rings is 1. The molecule has 7 heteroatoms. The SMILES string of the molecule is CCCOC1C(=O)CC1Oc1ccccc1OC(F)(F)F. The lowest BCUT2D eigenvalue weighted by molar-refractivity contribution is -0.275. The summed E-state index contributed by atoms with van der Waals surface area (Å²) in [5, 5.41) is 0. The molecule has 0 aromatic heterocycles. The number of carbonyl (C=O) groups excluding carboxylic acids is 1. The first kappa shape index (κ1) is 15.6. The summed E-state index contributed by atoms with van der Waals surface area (Å²) < 4.78 is 51.6. The third-order valence-electron chi connectivity index (χ3n) is 2.91. The van der Waals surface area contributed by atoms with E-state index >= 15 is 0 Å². The van der Waals surface area contributed by atoms with Crippen molar-refractivity contribution in [3.05, 3.63) is 24.3 Å². The smallest absolute Gasteiger partial charge is 0.483 e. The van der Waals surface area contributed by atoms with Crippen LogP contribution in [-0.4, -0.2) is 31.0 Å². The molecule has 4 nitrogen and oxygen atoms in total. The van der Waals surface area contributed by atoms with Crippen molar-refractivity contribution in [1.29, 1.82) is 0 Å². The van der Waals surface area contributed by atoms with Gasteiger partial charge in [0.25, 0.3) is 0 Å². The highest BCUT2D eigenvalue weighted by Gasteiger charge is 2.43. The molecule has 0 saturated heterocycles. The maximum Gasteiger partial charge on any atom is 0.573 e. The Kier molecular flexibility index (Phi) is 4.72. The summed E-state index contributed by atoms with van der Waals surface area (Å²) in [6, 6.07) is 5.46. The standard InChI is InChI=1S/C14H15F3O4/c1-2-7-19-13-9(18)8-12(13)20-10-5-3-4-6-11(10)21-14(15,16)17/h3-6,12-13H,2,7-8H2,1H3. The van der Waals surface area contributed by atoms with Gasteiger partial charge in [-0.1, -0.05) is 19.1 Å². The highest BCUT2D eigenvalue weighted by molar-refractivity contribution is 5.90. The van der Waals surface area contributed by atoms with E-state index < -0.39 is 24.3 Å². The van der Waals surface area contributed by atoms with Gasteiger partial charge in [-0.05, 0) is 18.6 Å².